The first-order valence-corrected chi connectivity index (χ1v) is 7.29. The van der Waals surface area contributed by atoms with Crippen LogP contribution in [0.15, 0.2) is 60.9 Å². The lowest BCUT2D eigenvalue weighted by Crippen LogP contribution is -2.11. The third kappa shape index (κ3) is 3.55. The van der Waals surface area contributed by atoms with E-state index in [0.29, 0.717) is 12.5 Å². The van der Waals surface area contributed by atoms with Crippen molar-refractivity contribution in [1.82, 2.24) is 14.8 Å². The molecular weight excluding hydrogens is 290 g/mol. The number of carbonyl (C=O) groups excluding carboxylic acids is 1. The number of para-hydroxylation sites is 2. The fourth-order valence-corrected chi connectivity index (χ4v) is 2.29. The van der Waals surface area contributed by atoms with E-state index in [4.69, 9.17) is 0 Å². The van der Waals surface area contributed by atoms with E-state index in [2.05, 4.69) is 20.8 Å². The van der Waals surface area contributed by atoms with Gasteiger partial charge in [-0.05, 0) is 23.8 Å². The fraction of sp³-hybridized carbons (Fsp3) is 0.118. The van der Waals surface area contributed by atoms with E-state index in [1.807, 2.05) is 59.2 Å². The Balaban J connectivity index is 1.78. The first kappa shape index (κ1) is 14.8. The van der Waals surface area contributed by atoms with Gasteiger partial charge in [-0.2, -0.15) is 0 Å². The monoisotopic (exact) mass is 307 g/mol. The third-order valence-corrected chi connectivity index (χ3v) is 3.35. The second-order valence-electron chi connectivity index (χ2n) is 5.05. The van der Waals surface area contributed by atoms with Crippen LogP contribution in [-0.4, -0.2) is 20.7 Å². The lowest BCUT2D eigenvalue weighted by molar-refractivity contribution is -0.114. The molecule has 0 spiro atoms. The van der Waals surface area contributed by atoms with Crippen LogP contribution in [-0.2, 0) is 11.3 Å². The van der Waals surface area contributed by atoms with Crippen LogP contribution in [0.5, 0.6) is 0 Å². The Bertz CT molecular complexity index is 798. The minimum Gasteiger partial charge on any atom is -0.350 e. The lowest BCUT2D eigenvalue weighted by Gasteiger charge is -2.12. The molecule has 116 valence electrons. The zero-order valence-corrected chi connectivity index (χ0v) is 12.7. The van der Waals surface area contributed by atoms with E-state index >= 15 is 0 Å². The molecule has 0 aliphatic rings. The predicted molar refractivity (Wildman–Crippen MR) is 89.4 cm³/mol. The Morgan fingerprint density at radius 1 is 1.09 bits per heavy atom. The van der Waals surface area contributed by atoms with Crippen LogP contribution in [0, 0.1) is 0 Å². The van der Waals surface area contributed by atoms with Crippen molar-refractivity contribution in [2.75, 3.05) is 10.6 Å². The van der Waals surface area contributed by atoms with Crippen LogP contribution in [0.4, 0.5) is 11.6 Å². The summed E-state index contributed by atoms with van der Waals surface area (Å²) in [7, 11) is 0. The largest absolute Gasteiger partial charge is 0.350 e. The van der Waals surface area contributed by atoms with Crippen molar-refractivity contribution in [2.24, 2.45) is 0 Å². The van der Waals surface area contributed by atoms with Crippen LogP contribution >= 0.6 is 0 Å². The molecule has 0 bridgehead atoms. The molecule has 3 aromatic rings. The van der Waals surface area contributed by atoms with Crippen LogP contribution < -0.4 is 10.6 Å². The van der Waals surface area contributed by atoms with Crippen molar-refractivity contribution in [2.45, 2.75) is 13.5 Å². The van der Waals surface area contributed by atoms with Crippen LogP contribution in [0.2, 0.25) is 0 Å². The SMILES string of the molecule is CC(=O)Nc1ccccc1CNc1nncn1-c1ccccc1. The number of rotatable bonds is 5. The normalized spacial score (nSPS) is 10.3. The molecule has 6 heteroatoms. The van der Waals surface area contributed by atoms with E-state index in [1.54, 1.807) is 6.33 Å². The van der Waals surface area contributed by atoms with Gasteiger partial charge in [0.2, 0.25) is 11.9 Å². The van der Waals surface area contributed by atoms with Gasteiger partial charge in [-0.15, -0.1) is 10.2 Å². The van der Waals surface area contributed by atoms with Crippen molar-refractivity contribution < 1.29 is 4.79 Å². The smallest absolute Gasteiger partial charge is 0.229 e. The fourth-order valence-electron chi connectivity index (χ4n) is 2.29. The Morgan fingerprint density at radius 3 is 2.61 bits per heavy atom. The highest BCUT2D eigenvalue weighted by molar-refractivity contribution is 5.89. The van der Waals surface area contributed by atoms with Crippen molar-refractivity contribution in [1.29, 1.82) is 0 Å². The van der Waals surface area contributed by atoms with E-state index < -0.39 is 0 Å². The molecule has 0 unspecified atom stereocenters. The second-order valence-corrected chi connectivity index (χ2v) is 5.05. The highest BCUT2D eigenvalue weighted by Gasteiger charge is 2.08. The molecule has 0 radical (unpaired) electrons. The first-order valence-electron chi connectivity index (χ1n) is 7.29. The molecule has 3 rings (SSSR count). The summed E-state index contributed by atoms with van der Waals surface area (Å²) < 4.78 is 1.88. The molecule has 1 heterocycles. The van der Waals surface area contributed by atoms with Crippen molar-refractivity contribution in [3.63, 3.8) is 0 Å². The maximum Gasteiger partial charge on any atom is 0.229 e. The van der Waals surface area contributed by atoms with Gasteiger partial charge in [-0.3, -0.25) is 9.36 Å². The minimum absolute atomic E-state index is 0.0927. The molecule has 0 atom stereocenters. The lowest BCUT2D eigenvalue weighted by atomic mass is 10.1. The second kappa shape index (κ2) is 6.74. The Morgan fingerprint density at radius 2 is 1.83 bits per heavy atom. The van der Waals surface area contributed by atoms with Gasteiger partial charge in [0.05, 0.1) is 5.69 Å². The van der Waals surface area contributed by atoms with Crippen LogP contribution in [0.3, 0.4) is 0 Å². The van der Waals surface area contributed by atoms with E-state index in [1.165, 1.54) is 6.92 Å². The van der Waals surface area contributed by atoms with Gasteiger partial charge in [0.1, 0.15) is 6.33 Å². The Labute approximate surface area is 134 Å². The van der Waals surface area contributed by atoms with Crippen LogP contribution in [0.25, 0.3) is 5.69 Å². The number of amides is 1. The quantitative estimate of drug-likeness (QED) is 0.760. The summed E-state index contributed by atoms with van der Waals surface area (Å²) in [4.78, 5) is 11.3. The molecule has 6 nitrogen and oxygen atoms in total. The summed E-state index contributed by atoms with van der Waals surface area (Å²) in [6.07, 6.45) is 1.66. The number of nitrogens with one attached hydrogen (secondary N) is 2. The third-order valence-electron chi connectivity index (χ3n) is 3.35. The van der Waals surface area contributed by atoms with E-state index in [9.17, 15) is 4.79 Å². The summed E-state index contributed by atoms with van der Waals surface area (Å²) in [5.41, 5.74) is 2.75. The number of benzene rings is 2. The average Bonchev–Trinajstić information content (AvgIpc) is 3.03. The Kier molecular flexibility index (Phi) is 4.33. The molecule has 1 amide bonds. The number of carbonyl (C=O) groups is 1. The van der Waals surface area contributed by atoms with Crippen molar-refractivity contribution >= 4 is 17.5 Å². The van der Waals surface area contributed by atoms with Gasteiger partial charge in [-0.1, -0.05) is 36.4 Å². The number of hydrogen-bond donors (Lipinski definition) is 2. The molecule has 2 N–H and O–H groups in total. The predicted octanol–water partition coefficient (Wildman–Crippen LogP) is 2.84. The van der Waals surface area contributed by atoms with E-state index in [0.717, 1.165) is 16.9 Å². The standard InChI is InChI=1S/C17H17N5O/c1-13(23)20-16-10-6-5-7-14(16)11-18-17-21-19-12-22(17)15-8-3-2-4-9-15/h2-10,12H,11H2,1H3,(H,18,21)(H,20,23). The summed E-state index contributed by atoms with van der Waals surface area (Å²) in [6, 6.07) is 17.5. The molecule has 2 aromatic carbocycles. The summed E-state index contributed by atoms with van der Waals surface area (Å²) in [6.45, 7) is 2.03. The molecule has 0 aliphatic carbocycles. The molecule has 0 saturated carbocycles. The molecule has 1 aromatic heterocycles. The molecule has 0 fully saturated rings. The average molecular weight is 307 g/mol. The summed E-state index contributed by atoms with van der Waals surface area (Å²) in [5.74, 6) is 0.554. The minimum atomic E-state index is -0.0927. The highest BCUT2D eigenvalue weighted by atomic mass is 16.1. The zero-order chi connectivity index (χ0) is 16.1. The number of anilines is 2. The zero-order valence-electron chi connectivity index (χ0n) is 12.7. The van der Waals surface area contributed by atoms with Gasteiger partial charge < -0.3 is 10.6 Å². The van der Waals surface area contributed by atoms with Crippen LogP contribution in [0.1, 0.15) is 12.5 Å². The van der Waals surface area contributed by atoms with Crippen molar-refractivity contribution in [3.05, 3.63) is 66.5 Å². The number of nitrogens with zero attached hydrogens (tertiary/aromatic N) is 3. The molecule has 0 saturated heterocycles. The Hall–Kier alpha value is -3.15. The number of hydrogen-bond acceptors (Lipinski definition) is 4. The van der Waals surface area contributed by atoms with Crippen molar-refractivity contribution in [3.8, 4) is 5.69 Å². The van der Waals surface area contributed by atoms with Gasteiger partial charge >= 0.3 is 0 Å². The molecule has 23 heavy (non-hydrogen) atoms. The topological polar surface area (TPSA) is 71.8 Å². The maximum atomic E-state index is 11.3. The first-order chi connectivity index (χ1) is 11.2. The van der Waals surface area contributed by atoms with Gasteiger partial charge in [0, 0.05) is 19.2 Å². The molecular formula is C17H17N5O. The maximum absolute atomic E-state index is 11.3. The van der Waals surface area contributed by atoms with Gasteiger partial charge in [0.15, 0.2) is 0 Å². The van der Waals surface area contributed by atoms with Gasteiger partial charge in [-0.25, -0.2) is 0 Å². The van der Waals surface area contributed by atoms with E-state index in [-0.39, 0.29) is 5.91 Å². The summed E-state index contributed by atoms with van der Waals surface area (Å²) in [5, 5.41) is 14.2. The number of aromatic nitrogens is 3. The summed E-state index contributed by atoms with van der Waals surface area (Å²) >= 11 is 0. The highest BCUT2D eigenvalue weighted by Crippen LogP contribution is 2.18. The molecule has 0 aliphatic heterocycles. The van der Waals surface area contributed by atoms with Gasteiger partial charge in [0.25, 0.3) is 0 Å².